The molecule has 2 aliphatic heterocycles. The van der Waals surface area contributed by atoms with Crippen molar-refractivity contribution in [2.75, 3.05) is 51.2 Å². The van der Waals surface area contributed by atoms with Crippen LogP contribution >= 0.6 is 0 Å². The van der Waals surface area contributed by atoms with E-state index < -0.39 is 30.3 Å². The topological polar surface area (TPSA) is 148 Å². The van der Waals surface area contributed by atoms with Crippen molar-refractivity contribution in [1.82, 2.24) is 29.5 Å². The number of piperazine rings is 1. The number of hydrogen-bond donors (Lipinski definition) is 3. The summed E-state index contributed by atoms with van der Waals surface area (Å²) >= 11 is 0. The van der Waals surface area contributed by atoms with Crippen LogP contribution in [0.1, 0.15) is 22.3 Å². The minimum absolute atomic E-state index is 0.0424. The predicted molar refractivity (Wildman–Crippen MR) is 163 cm³/mol. The molecule has 2 aromatic carbocycles. The number of piperidine rings is 1. The number of rotatable bonds is 7. The number of amides is 2. The number of ether oxygens (including phenoxy) is 1. The van der Waals surface area contributed by atoms with Crippen LogP contribution in [0.15, 0.2) is 48.9 Å². The molecule has 238 valence electrons. The maximum Gasteiger partial charge on any atom is 0.254 e. The van der Waals surface area contributed by atoms with Gasteiger partial charge in [0.25, 0.3) is 5.91 Å². The first-order valence-electron chi connectivity index (χ1n) is 14.9. The Bertz CT molecular complexity index is 1830. The van der Waals surface area contributed by atoms with E-state index in [9.17, 15) is 23.5 Å². The lowest BCUT2D eigenvalue weighted by Gasteiger charge is -2.38. The molecule has 0 spiro atoms. The Kier molecular flexibility index (Phi) is 8.78. The molecule has 4 heterocycles. The number of aryl methyl sites for hydroxylation is 1. The average molecular weight is 631 g/mol. The number of aromatic nitrogens is 3. The van der Waals surface area contributed by atoms with Gasteiger partial charge >= 0.3 is 0 Å². The highest BCUT2D eigenvalue weighted by molar-refractivity contribution is 5.96. The van der Waals surface area contributed by atoms with Crippen LogP contribution in [-0.2, 0) is 4.79 Å². The van der Waals surface area contributed by atoms with Crippen LogP contribution in [0.4, 0.5) is 20.3 Å². The number of fused-ring (bicyclic) bond motifs is 1. The second-order valence-electron chi connectivity index (χ2n) is 11.2. The van der Waals surface area contributed by atoms with Gasteiger partial charge < -0.3 is 30.3 Å². The molecule has 3 N–H and O–H groups in total. The Morgan fingerprint density at radius 3 is 2.65 bits per heavy atom. The van der Waals surface area contributed by atoms with Crippen LogP contribution in [0.3, 0.4) is 0 Å². The van der Waals surface area contributed by atoms with Crippen molar-refractivity contribution in [3.63, 3.8) is 0 Å². The largest absolute Gasteiger partial charge is 0.476 e. The number of benzene rings is 2. The Hall–Kier alpha value is -5.13. The maximum absolute atomic E-state index is 15.0. The predicted octanol–water partition coefficient (Wildman–Crippen LogP) is 2.88. The van der Waals surface area contributed by atoms with E-state index in [2.05, 4.69) is 20.6 Å². The van der Waals surface area contributed by atoms with Gasteiger partial charge in [0.05, 0.1) is 23.9 Å². The molecule has 2 amide bonds. The molecule has 14 heteroatoms. The normalized spacial score (nSPS) is 18.3. The first-order chi connectivity index (χ1) is 22.3. The Morgan fingerprint density at radius 1 is 1.13 bits per heavy atom. The summed E-state index contributed by atoms with van der Waals surface area (Å²) in [5, 5.41) is 25.2. The molecule has 2 saturated heterocycles. The standard InChI is InChI=1S/C32H32F2N8O4/c1-19-16-20(2-3-21(19)31(44)40-11-13-41(14-12-40)32(45)23-6-8-36-18-25(23)43)39-29-30-38-17-24(42(30)10-9-37-29)22-4-5-26(46-15-7-35)28(34)27(22)33/h2-5,9-10,16-17,23,25,36,43H,6,8,11-15,18H2,1H3,(H,37,39)/t23-,25+/m1/s1. The van der Waals surface area contributed by atoms with Gasteiger partial charge in [0, 0.05) is 61.9 Å². The molecule has 0 radical (unpaired) electrons. The monoisotopic (exact) mass is 630 g/mol. The number of halogens is 2. The number of hydrogen-bond acceptors (Lipinski definition) is 9. The molecule has 12 nitrogen and oxygen atoms in total. The highest BCUT2D eigenvalue weighted by Crippen LogP contribution is 2.32. The second kappa shape index (κ2) is 13.1. The Morgan fingerprint density at radius 2 is 1.91 bits per heavy atom. The van der Waals surface area contributed by atoms with Gasteiger partial charge in [-0.1, -0.05) is 0 Å². The minimum Gasteiger partial charge on any atom is -0.476 e. The molecule has 2 aliphatic rings. The van der Waals surface area contributed by atoms with Crippen LogP contribution in [-0.4, -0.2) is 93.1 Å². The fraction of sp³-hybridized carbons (Fsp3) is 0.344. The lowest BCUT2D eigenvalue weighted by molar-refractivity contribution is -0.141. The van der Waals surface area contributed by atoms with Gasteiger partial charge in [-0.3, -0.25) is 14.0 Å². The van der Waals surface area contributed by atoms with Crippen molar-refractivity contribution < 1.29 is 28.2 Å². The smallest absolute Gasteiger partial charge is 0.254 e. The van der Waals surface area contributed by atoms with E-state index in [4.69, 9.17) is 10.00 Å². The highest BCUT2D eigenvalue weighted by atomic mass is 19.2. The quantitative estimate of drug-likeness (QED) is 0.280. The molecule has 6 rings (SSSR count). The van der Waals surface area contributed by atoms with Crippen molar-refractivity contribution in [3.05, 3.63) is 71.7 Å². The first-order valence-corrected chi connectivity index (χ1v) is 14.9. The number of carbonyl (C=O) groups excluding carboxylic acids is 2. The summed E-state index contributed by atoms with van der Waals surface area (Å²) in [7, 11) is 0. The molecule has 0 bridgehead atoms. The molecule has 2 aromatic heterocycles. The van der Waals surface area contributed by atoms with Crippen LogP contribution < -0.4 is 15.4 Å². The second-order valence-corrected chi connectivity index (χ2v) is 11.2. The summed E-state index contributed by atoms with van der Waals surface area (Å²) in [6.45, 7) is 4.16. The van der Waals surface area contributed by atoms with Crippen LogP contribution in [0.5, 0.6) is 5.75 Å². The molecule has 0 unspecified atom stereocenters. The van der Waals surface area contributed by atoms with Crippen molar-refractivity contribution >= 4 is 29.0 Å². The van der Waals surface area contributed by atoms with E-state index in [-0.39, 0.29) is 28.8 Å². The Balaban J connectivity index is 1.14. The van der Waals surface area contributed by atoms with Crippen LogP contribution in [0.2, 0.25) is 0 Å². The van der Waals surface area contributed by atoms with Gasteiger partial charge in [-0.25, -0.2) is 14.4 Å². The van der Waals surface area contributed by atoms with Gasteiger partial charge in [-0.15, -0.1) is 0 Å². The molecule has 46 heavy (non-hydrogen) atoms. The SMILES string of the molecule is Cc1cc(Nc2nccn3c(-c4ccc(OCC#N)c(F)c4F)cnc23)ccc1C(=O)N1CCN(C(=O)[C@@H]2CCNC[C@@H]2O)CC1. The molecule has 4 aromatic rings. The van der Waals surface area contributed by atoms with Crippen molar-refractivity contribution in [3.8, 4) is 23.1 Å². The zero-order valence-corrected chi connectivity index (χ0v) is 25.0. The van der Waals surface area contributed by atoms with E-state index in [1.807, 2.05) is 13.0 Å². The number of nitriles is 1. The third-order valence-corrected chi connectivity index (χ3v) is 8.41. The van der Waals surface area contributed by atoms with E-state index in [0.29, 0.717) is 68.4 Å². The van der Waals surface area contributed by atoms with Gasteiger partial charge in [0.15, 0.2) is 29.6 Å². The van der Waals surface area contributed by atoms with Crippen LogP contribution in [0.25, 0.3) is 16.9 Å². The Labute approximate surface area is 263 Å². The van der Waals surface area contributed by atoms with Crippen molar-refractivity contribution in [1.29, 1.82) is 5.26 Å². The number of anilines is 2. The van der Waals surface area contributed by atoms with Gasteiger partial charge in [-0.2, -0.15) is 9.65 Å². The lowest BCUT2D eigenvalue weighted by Crippen LogP contribution is -2.55. The lowest BCUT2D eigenvalue weighted by atomic mass is 9.93. The van der Waals surface area contributed by atoms with E-state index in [1.165, 1.54) is 24.5 Å². The molecular weight excluding hydrogens is 598 g/mol. The van der Waals surface area contributed by atoms with Gasteiger partial charge in [0.1, 0.15) is 6.07 Å². The summed E-state index contributed by atoms with van der Waals surface area (Å²) in [6.07, 6.45) is 4.38. The maximum atomic E-state index is 15.0. The molecule has 2 fully saturated rings. The van der Waals surface area contributed by atoms with Gasteiger partial charge in [0.2, 0.25) is 11.7 Å². The third-order valence-electron chi connectivity index (χ3n) is 8.41. The summed E-state index contributed by atoms with van der Waals surface area (Å²) in [5.41, 5.74) is 2.52. The van der Waals surface area contributed by atoms with E-state index in [1.54, 1.807) is 38.6 Å². The number of carbonyl (C=O) groups is 2. The number of nitrogens with zero attached hydrogens (tertiary/aromatic N) is 6. The van der Waals surface area contributed by atoms with Crippen molar-refractivity contribution in [2.45, 2.75) is 19.4 Å². The zero-order valence-electron chi connectivity index (χ0n) is 25.0. The number of imidazole rings is 1. The fourth-order valence-electron chi connectivity index (χ4n) is 5.94. The molecular formula is C32H32F2N8O4. The number of aliphatic hydroxyl groups excluding tert-OH is 1. The van der Waals surface area contributed by atoms with Gasteiger partial charge in [-0.05, 0) is 55.8 Å². The number of β-amino-alcohol motifs (C(OH)–C–C–N with tert-alkyl or cyclic N) is 1. The fourth-order valence-corrected chi connectivity index (χ4v) is 5.94. The summed E-state index contributed by atoms with van der Waals surface area (Å²) in [4.78, 5) is 38.6. The molecule has 0 aliphatic carbocycles. The first kappa shape index (κ1) is 30.9. The minimum atomic E-state index is -1.20. The third kappa shape index (κ3) is 5.94. The number of nitrogens with one attached hydrogen (secondary N) is 2. The van der Waals surface area contributed by atoms with E-state index >= 15 is 0 Å². The molecule has 2 atom stereocenters. The van der Waals surface area contributed by atoms with Crippen LogP contribution in [0, 0.1) is 35.8 Å². The summed E-state index contributed by atoms with van der Waals surface area (Å²) in [6, 6.07) is 9.64. The highest BCUT2D eigenvalue weighted by Gasteiger charge is 2.34. The number of aliphatic hydroxyl groups is 1. The summed E-state index contributed by atoms with van der Waals surface area (Å²) < 4.78 is 36.1. The van der Waals surface area contributed by atoms with Crippen molar-refractivity contribution in [2.24, 2.45) is 5.92 Å². The molecule has 0 saturated carbocycles. The van der Waals surface area contributed by atoms with E-state index in [0.717, 1.165) is 5.56 Å². The summed E-state index contributed by atoms with van der Waals surface area (Å²) in [5.74, 6) is -2.93. The average Bonchev–Trinajstić information content (AvgIpc) is 3.50. The zero-order chi connectivity index (χ0) is 32.4.